The van der Waals surface area contributed by atoms with Crippen LogP contribution in [-0.4, -0.2) is 128 Å². The monoisotopic (exact) mass is 835 g/mol. The summed E-state index contributed by atoms with van der Waals surface area (Å²) < 4.78 is 392. The van der Waals surface area contributed by atoms with Crippen molar-refractivity contribution in [2.75, 3.05) is 40.8 Å². The number of halogens is 29. The molecule has 0 fully saturated rings. The Kier molecular flexibility index (Phi) is 12.0. The molecule has 0 radical (unpaired) electrons. The van der Waals surface area contributed by atoms with Crippen LogP contribution in [0.15, 0.2) is 0 Å². The molecule has 2 nitrogen and oxygen atoms in total. The van der Waals surface area contributed by atoms with Crippen LogP contribution in [0.25, 0.3) is 0 Å². The average molecular weight is 835 g/mol. The number of hydrogen-bond acceptors (Lipinski definition) is 1. The van der Waals surface area contributed by atoms with E-state index in [0.29, 0.717) is 0 Å². The van der Waals surface area contributed by atoms with Crippen molar-refractivity contribution < 1.29 is 132 Å². The Morgan fingerprint density at radius 2 is 0.510 bits per heavy atom. The third-order valence-corrected chi connectivity index (χ3v) is 6.46. The van der Waals surface area contributed by atoms with Gasteiger partial charge < -0.3 is 9.80 Å². The van der Waals surface area contributed by atoms with Gasteiger partial charge in [0.25, 0.3) is 0 Å². The second-order valence-electron chi connectivity index (χ2n) is 11.3. The van der Waals surface area contributed by atoms with E-state index in [2.05, 4.69) is 0 Å². The molecule has 0 rings (SSSR count). The number of nitrogens with one attached hydrogen (secondary N) is 1. The smallest absolute Gasteiger partial charge is 0.330 e. The zero-order valence-corrected chi connectivity index (χ0v) is 24.0. The zero-order valence-electron chi connectivity index (χ0n) is 24.0. The Balaban J connectivity index is 7.31. The maximum atomic E-state index is 13.9. The SMILES string of the molecule is C[N+](C)(C)CCNCC(F)(F)C(F)(F)C(F)(F)C(F)(F)C(F)(F)C(F)(F)C(F)(F)C(F)(F)C(F)(F)C(F)(F)C(F)(F)C(F)(F)C(F)(F)C(F)(F)F. The molecule has 0 aromatic heterocycles. The molecule has 0 aliphatic heterocycles. The van der Waals surface area contributed by atoms with Crippen LogP contribution < -0.4 is 5.32 Å². The first-order chi connectivity index (χ1) is 21.5. The summed E-state index contributed by atoms with van der Waals surface area (Å²) >= 11 is 0. The summed E-state index contributed by atoms with van der Waals surface area (Å²) in [6, 6.07) is 0. The Labute approximate surface area is 262 Å². The summed E-state index contributed by atoms with van der Waals surface area (Å²) in [5.41, 5.74) is 0. The molecule has 1 N–H and O–H groups in total. The predicted molar refractivity (Wildman–Crippen MR) is 106 cm³/mol. The van der Waals surface area contributed by atoms with Crippen molar-refractivity contribution in [2.24, 2.45) is 0 Å². The standard InChI is InChI=1S/C20H16F29N2/c1-51(2,3)5-4-50-6-7(21,22)8(23,24)9(25,26)10(27,28)11(29,30)12(31,32)13(33,34)14(35,36)15(37,38)16(39,40)17(41,42)18(43,44)19(45,46)20(47,48)49/h50H,4-6H2,1-3H3/q+1. The molecule has 31 heteroatoms. The molecule has 308 valence electrons. The molecule has 0 saturated carbocycles. The normalized spacial score (nSPS) is 16.9. The largest absolute Gasteiger partial charge is 0.460 e. The fourth-order valence-corrected chi connectivity index (χ4v) is 3.15. The third kappa shape index (κ3) is 6.57. The van der Waals surface area contributed by atoms with E-state index in [9.17, 15) is 127 Å². The van der Waals surface area contributed by atoms with Gasteiger partial charge in [0.05, 0.1) is 34.2 Å². The van der Waals surface area contributed by atoms with Gasteiger partial charge in [0.15, 0.2) is 0 Å². The number of quaternary nitrogens is 1. The van der Waals surface area contributed by atoms with Crippen molar-refractivity contribution in [3.05, 3.63) is 0 Å². The van der Waals surface area contributed by atoms with Crippen molar-refractivity contribution >= 4 is 0 Å². The first-order valence-corrected chi connectivity index (χ1v) is 11.9. The van der Waals surface area contributed by atoms with E-state index in [1.165, 1.54) is 21.1 Å². The predicted octanol–water partition coefficient (Wildman–Crippen LogP) is 9.10. The van der Waals surface area contributed by atoms with Gasteiger partial charge >= 0.3 is 83.2 Å². The number of nitrogens with zero attached hydrogens (tertiary/aromatic N) is 1. The minimum Gasteiger partial charge on any atom is -0.330 e. The summed E-state index contributed by atoms with van der Waals surface area (Å²) in [4.78, 5) is 0. The van der Waals surface area contributed by atoms with E-state index in [-0.39, 0.29) is 4.48 Å². The van der Waals surface area contributed by atoms with Gasteiger partial charge in [0, 0.05) is 6.54 Å². The van der Waals surface area contributed by atoms with E-state index in [0.717, 1.165) is 5.32 Å². The maximum absolute atomic E-state index is 13.9. The highest BCUT2D eigenvalue weighted by molar-refractivity contribution is 5.21. The highest BCUT2D eigenvalue weighted by Gasteiger charge is 3.00. The van der Waals surface area contributed by atoms with E-state index < -0.39 is 103 Å². The maximum Gasteiger partial charge on any atom is 0.460 e. The van der Waals surface area contributed by atoms with Gasteiger partial charge in [-0.2, -0.15) is 127 Å². The van der Waals surface area contributed by atoms with Crippen molar-refractivity contribution in [3.63, 3.8) is 0 Å². The molecule has 0 atom stereocenters. The van der Waals surface area contributed by atoms with E-state index in [1.807, 2.05) is 0 Å². The van der Waals surface area contributed by atoms with E-state index in [4.69, 9.17) is 0 Å². The minimum atomic E-state index is -9.92. The van der Waals surface area contributed by atoms with Crippen molar-refractivity contribution in [2.45, 2.75) is 83.2 Å². The third-order valence-electron chi connectivity index (χ3n) is 6.46. The van der Waals surface area contributed by atoms with Gasteiger partial charge in [-0.05, 0) is 0 Å². The lowest BCUT2D eigenvalue weighted by atomic mass is 9.83. The topological polar surface area (TPSA) is 12.0 Å². The summed E-state index contributed by atoms with van der Waals surface area (Å²) in [5.74, 6) is -120. The minimum absolute atomic E-state index is 0.283. The summed E-state index contributed by atoms with van der Waals surface area (Å²) in [6.07, 6.45) is -8.29. The molecule has 51 heavy (non-hydrogen) atoms. The van der Waals surface area contributed by atoms with Gasteiger partial charge in [0.2, 0.25) is 0 Å². The fourth-order valence-electron chi connectivity index (χ4n) is 3.15. The molecular weight excluding hydrogens is 819 g/mol. The van der Waals surface area contributed by atoms with E-state index >= 15 is 0 Å². The van der Waals surface area contributed by atoms with Crippen LogP contribution in [-0.2, 0) is 0 Å². The van der Waals surface area contributed by atoms with Gasteiger partial charge in [0.1, 0.15) is 0 Å². The van der Waals surface area contributed by atoms with Crippen LogP contribution in [0.1, 0.15) is 0 Å². The second kappa shape index (κ2) is 12.5. The summed E-state index contributed by atoms with van der Waals surface area (Å²) in [7, 11) is 3.69. The zero-order chi connectivity index (χ0) is 42.3. The molecule has 0 aliphatic rings. The Morgan fingerprint density at radius 3 is 0.706 bits per heavy atom. The van der Waals surface area contributed by atoms with Gasteiger partial charge in [-0.1, -0.05) is 0 Å². The lowest BCUT2D eigenvalue weighted by molar-refractivity contribution is -0.869. The molecule has 0 unspecified atom stereocenters. The molecule has 0 bridgehead atoms. The second-order valence-corrected chi connectivity index (χ2v) is 11.3. The average Bonchev–Trinajstić information content (AvgIpc) is 2.88. The first-order valence-electron chi connectivity index (χ1n) is 11.9. The van der Waals surface area contributed by atoms with Crippen LogP contribution in [0.5, 0.6) is 0 Å². The number of hydrogen-bond donors (Lipinski definition) is 1. The van der Waals surface area contributed by atoms with Crippen molar-refractivity contribution in [1.82, 2.24) is 5.32 Å². The van der Waals surface area contributed by atoms with Crippen molar-refractivity contribution in [1.29, 1.82) is 0 Å². The number of rotatable bonds is 17. The molecule has 0 aromatic rings. The molecule has 0 saturated heterocycles. The Bertz CT molecular complexity index is 1220. The highest BCUT2D eigenvalue weighted by Crippen LogP contribution is 2.68. The first kappa shape index (κ1) is 48.9. The molecule has 0 aliphatic carbocycles. The van der Waals surface area contributed by atoms with Crippen LogP contribution in [0.2, 0.25) is 0 Å². The van der Waals surface area contributed by atoms with Crippen LogP contribution in [0.3, 0.4) is 0 Å². The highest BCUT2D eigenvalue weighted by atomic mass is 19.4. The summed E-state index contributed by atoms with van der Waals surface area (Å²) in [6.45, 7) is -4.44. The van der Waals surface area contributed by atoms with Gasteiger partial charge in [-0.25, -0.2) is 0 Å². The van der Waals surface area contributed by atoms with Crippen molar-refractivity contribution in [3.8, 4) is 0 Å². The lowest BCUT2D eigenvalue weighted by Crippen LogP contribution is -2.79. The fraction of sp³-hybridized carbons (Fsp3) is 1.00. The lowest BCUT2D eigenvalue weighted by Gasteiger charge is -2.46. The Morgan fingerprint density at radius 1 is 0.314 bits per heavy atom. The quantitative estimate of drug-likeness (QED) is 0.0877. The molecule has 0 heterocycles. The summed E-state index contributed by atoms with van der Waals surface area (Å²) in [5, 5.41) is 1.14. The van der Waals surface area contributed by atoms with Crippen LogP contribution >= 0.6 is 0 Å². The van der Waals surface area contributed by atoms with Gasteiger partial charge in [-0.15, -0.1) is 0 Å². The van der Waals surface area contributed by atoms with Crippen LogP contribution in [0, 0.1) is 0 Å². The molecule has 0 aromatic carbocycles. The Hall–Kier alpha value is -2.11. The molecule has 0 amide bonds. The van der Waals surface area contributed by atoms with Crippen LogP contribution in [0.4, 0.5) is 127 Å². The molecule has 0 spiro atoms. The van der Waals surface area contributed by atoms with Gasteiger partial charge in [-0.3, -0.25) is 0 Å². The van der Waals surface area contributed by atoms with E-state index in [1.54, 1.807) is 0 Å². The molecular formula is C20H16F29N2+. The number of alkyl halides is 29. The number of likely N-dealkylation sites (N-methyl/N-ethyl adjacent to an activating group) is 1.